The van der Waals surface area contributed by atoms with Gasteiger partial charge in [-0.15, -0.1) is 0 Å². The Morgan fingerprint density at radius 1 is 1.44 bits per heavy atom. The number of piperidine rings is 1. The van der Waals surface area contributed by atoms with Gasteiger partial charge in [0.1, 0.15) is 0 Å². The Morgan fingerprint density at radius 3 is 2.83 bits per heavy atom. The van der Waals surface area contributed by atoms with Gasteiger partial charge in [-0.05, 0) is 37.5 Å². The van der Waals surface area contributed by atoms with Gasteiger partial charge in [0.25, 0.3) is 0 Å². The van der Waals surface area contributed by atoms with E-state index in [9.17, 15) is 8.42 Å². The SMILES string of the molecule is Cc1ccc(Br)cc1S(=O)(=O)N1CCCC(N)C1. The van der Waals surface area contributed by atoms with Crippen molar-refractivity contribution in [1.29, 1.82) is 0 Å². The molecular formula is C12H17BrN2O2S. The molecule has 1 atom stereocenters. The molecule has 0 spiro atoms. The van der Waals surface area contributed by atoms with E-state index in [-0.39, 0.29) is 6.04 Å². The van der Waals surface area contributed by atoms with Crippen LogP contribution in [-0.4, -0.2) is 31.9 Å². The smallest absolute Gasteiger partial charge is 0.243 e. The quantitative estimate of drug-likeness (QED) is 0.899. The minimum Gasteiger partial charge on any atom is -0.327 e. The maximum absolute atomic E-state index is 12.6. The minimum atomic E-state index is -3.42. The molecule has 1 saturated heterocycles. The van der Waals surface area contributed by atoms with Gasteiger partial charge in [0.15, 0.2) is 0 Å². The van der Waals surface area contributed by atoms with Crippen molar-refractivity contribution in [3.05, 3.63) is 28.2 Å². The van der Waals surface area contributed by atoms with Crippen LogP contribution in [0.2, 0.25) is 0 Å². The molecule has 1 unspecified atom stereocenters. The fourth-order valence-electron chi connectivity index (χ4n) is 2.18. The second-order valence-electron chi connectivity index (χ2n) is 4.68. The standard InChI is InChI=1S/C12H17BrN2O2S/c1-9-4-5-10(13)7-12(9)18(16,17)15-6-2-3-11(14)8-15/h4-5,7,11H,2-3,6,8,14H2,1H3. The third-order valence-corrected chi connectivity index (χ3v) is 5.69. The molecule has 2 N–H and O–H groups in total. The van der Waals surface area contributed by atoms with Gasteiger partial charge in [-0.25, -0.2) is 8.42 Å². The fourth-order valence-corrected chi connectivity index (χ4v) is 4.48. The third-order valence-electron chi connectivity index (χ3n) is 3.19. The molecule has 4 nitrogen and oxygen atoms in total. The third kappa shape index (κ3) is 2.77. The summed E-state index contributed by atoms with van der Waals surface area (Å²) in [6, 6.07) is 5.25. The molecule has 1 aromatic carbocycles. The number of rotatable bonds is 2. The van der Waals surface area contributed by atoms with E-state index in [1.807, 2.05) is 13.0 Å². The van der Waals surface area contributed by atoms with Gasteiger partial charge in [0, 0.05) is 23.6 Å². The summed E-state index contributed by atoms with van der Waals surface area (Å²) in [7, 11) is -3.42. The van der Waals surface area contributed by atoms with Gasteiger partial charge in [0.05, 0.1) is 4.90 Å². The second kappa shape index (κ2) is 5.28. The van der Waals surface area contributed by atoms with Crippen LogP contribution in [0.15, 0.2) is 27.6 Å². The topological polar surface area (TPSA) is 63.4 Å². The Hall–Kier alpha value is -0.430. The van der Waals surface area contributed by atoms with Crippen molar-refractivity contribution >= 4 is 26.0 Å². The van der Waals surface area contributed by atoms with E-state index in [0.29, 0.717) is 18.0 Å². The number of hydrogen-bond donors (Lipinski definition) is 1. The number of sulfonamides is 1. The van der Waals surface area contributed by atoms with E-state index in [1.165, 1.54) is 4.31 Å². The van der Waals surface area contributed by atoms with Crippen molar-refractivity contribution in [2.75, 3.05) is 13.1 Å². The highest BCUT2D eigenvalue weighted by molar-refractivity contribution is 9.10. The van der Waals surface area contributed by atoms with Crippen LogP contribution >= 0.6 is 15.9 Å². The zero-order valence-electron chi connectivity index (χ0n) is 10.3. The molecule has 18 heavy (non-hydrogen) atoms. The highest BCUT2D eigenvalue weighted by Gasteiger charge is 2.29. The van der Waals surface area contributed by atoms with Gasteiger partial charge in [-0.1, -0.05) is 22.0 Å². The predicted octanol–water partition coefficient (Wildman–Crippen LogP) is 1.87. The van der Waals surface area contributed by atoms with Gasteiger partial charge in [-0.2, -0.15) is 4.31 Å². The normalized spacial score (nSPS) is 22.1. The summed E-state index contributed by atoms with van der Waals surface area (Å²) in [6.07, 6.45) is 1.72. The Labute approximate surface area is 116 Å². The van der Waals surface area contributed by atoms with Crippen LogP contribution in [0.5, 0.6) is 0 Å². The van der Waals surface area contributed by atoms with Crippen molar-refractivity contribution in [2.24, 2.45) is 5.73 Å². The Kier molecular flexibility index (Phi) is 4.11. The second-order valence-corrected chi connectivity index (χ2v) is 7.50. The molecule has 100 valence electrons. The van der Waals surface area contributed by atoms with Crippen molar-refractivity contribution in [3.8, 4) is 0 Å². The summed E-state index contributed by atoms with van der Waals surface area (Å²) < 4.78 is 27.4. The lowest BCUT2D eigenvalue weighted by Gasteiger charge is -2.30. The van der Waals surface area contributed by atoms with E-state index < -0.39 is 10.0 Å². The Bertz CT molecular complexity index is 545. The largest absolute Gasteiger partial charge is 0.327 e. The lowest BCUT2D eigenvalue weighted by atomic mass is 10.1. The summed E-state index contributed by atoms with van der Waals surface area (Å²) in [5, 5.41) is 0. The number of benzene rings is 1. The lowest BCUT2D eigenvalue weighted by Crippen LogP contribution is -2.45. The first-order valence-electron chi connectivity index (χ1n) is 5.93. The maximum atomic E-state index is 12.6. The van der Waals surface area contributed by atoms with E-state index >= 15 is 0 Å². The van der Waals surface area contributed by atoms with Gasteiger partial charge in [-0.3, -0.25) is 0 Å². The van der Waals surface area contributed by atoms with Crippen molar-refractivity contribution in [2.45, 2.75) is 30.7 Å². The van der Waals surface area contributed by atoms with Crippen LogP contribution in [0.4, 0.5) is 0 Å². The first-order valence-corrected chi connectivity index (χ1v) is 8.16. The zero-order chi connectivity index (χ0) is 13.3. The maximum Gasteiger partial charge on any atom is 0.243 e. The van der Waals surface area contributed by atoms with E-state index in [0.717, 1.165) is 22.9 Å². The first kappa shape index (κ1) is 14.0. The highest BCUT2D eigenvalue weighted by Crippen LogP contribution is 2.25. The molecule has 0 aliphatic carbocycles. The minimum absolute atomic E-state index is 0.0546. The van der Waals surface area contributed by atoms with Crippen molar-refractivity contribution in [3.63, 3.8) is 0 Å². The van der Waals surface area contributed by atoms with Crippen LogP contribution in [0.3, 0.4) is 0 Å². The molecule has 0 saturated carbocycles. The lowest BCUT2D eigenvalue weighted by molar-refractivity contribution is 0.316. The summed E-state index contributed by atoms with van der Waals surface area (Å²) in [5.41, 5.74) is 6.61. The Balaban J connectivity index is 2.38. The van der Waals surface area contributed by atoms with Crippen LogP contribution < -0.4 is 5.73 Å². The fraction of sp³-hybridized carbons (Fsp3) is 0.500. The number of halogens is 1. The zero-order valence-corrected chi connectivity index (χ0v) is 12.7. The van der Waals surface area contributed by atoms with Crippen LogP contribution in [0.25, 0.3) is 0 Å². The predicted molar refractivity (Wildman–Crippen MR) is 74.8 cm³/mol. The number of aryl methyl sites for hydroxylation is 1. The first-order chi connectivity index (χ1) is 8.41. The molecule has 1 aliphatic rings. The number of hydrogen-bond acceptors (Lipinski definition) is 3. The molecule has 6 heteroatoms. The molecule has 0 aromatic heterocycles. The molecule has 0 radical (unpaired) electrons. The van der Waals surface area contributed by atoms with Gasteiger partial charge >= 0.3 is 0 Å². The van der Waals surface area contributed by atoms with Crippen LogP contribution in [-0.2, 0) is 10.0 Å². The van der Waals surface area contributed by atoms with Crippen molar-refractivity contribution in [1.82, 2.24) is 4.31 Å². The molecule has 2 rings (SSSR count). The molecule has 1 aliphatic heterocycles. The Morgan fingerprint density at radius 2 is 2.17 bits per heavy atom. The molecule has 1 fully saturated rings. The molecule has 1 aromatic rings. The molecular weight excluding hydrogens is 316 g/mol. The summed E-state index contributed by atoms with van der Waals surface area (Å²) in [4.78, 5) is 0.367. The highest BCUT2D eigenvalue weighted by atomic mass is 79.9. The monoisotopic (exact) mass is 332 g/mol. The van der Waals surface area contributed by atoms with E-state index in [2.05, 4.69) is 15.9 Å². The average Bonchev–Trinajstić information content (AvgIpc) is 2.32. The van der Waals surface area contributed by atoms with Crippen LogP contribution in [0, 0.1) is 6.92 Å². The molecule has 1 heterocycles. The van der Waals surface area contributed by atoms with Gasteiger partial charge in [0.2, 0.25) is 10.0 Å². The molecule has 0 amide bonds. The summed E-state index contributed by atoms with van der Waals surface area (Å²) >= 11 is 3.32. The van der Waals surface area contributed by atoms with Crippen LogP contribution in [0.1, 0.15) is 18.4 Å². The molecule has 0 bridgehead atoms. The van der Waals surface area contributed by atoms with Gasteiger partial charge < -0.3 is 5.73 Å². The van der Waals surface area contributed by atoms with E-state index in [1.54, 1.807) is 12.1 Å². The number of nitrogens with two attached hydrogens (primary N) is 1. The van der Waals surface area contributed by atoms with Crippen molar-refractivity contribution < 1.29 is 8.42 Å². The summed E-state index contributed by atoms with van der Waals surface area (Å²) in [5.74, 6) is 0. The number of nitrogens with zero attached hydrogens (tertiary/aromatic N) is 1. The summed E-state index contributed by atoms with van der Waals surface area (Å²) in [6.45, 7) is 2.78. The average molecular weight is 333 g/mol. The van der Waals surface area contributed by atoms with E-state index in [4.69, 9.17) is 5.73 Å².